The third-order valence-corrected chi connectivity index (χ3v) is 12.6. The van der Waals surface area contributed by atoms with Gasteiger partial charge in [-0.3, -0.25) is 14.4 Å². The van der Waals surface area contributed by atoms with Gasteiger partial charge in [0.25, 0.3) is 0 Å². The molecular formula is C75H114O6. The molecule has 0 aliphatic rings. The molecule has 0 aromatic rings. The first-order valence-electron chi connectivity index (χ1n) is 31.9. The van der Waals surface area contributed by atoms with Gasteiger partial charge in [0.05, 0.1) is 6.42 Å². The van der Waals surface area contributed by atoms with E-state index in [9.17, 15) is 14.4 Å². The van der Waals surface area contributed by atoms with Crippen LogP contribution in [0, 0.1) is 0 Å². The van der Waals surface area contributed by atoms with Gasteiger partial charge in [0.2, 0.25) is 0 Å². The Kier molecular flexibility index (Phi) is 62.0. The predicted octanol–water partition coefficient (Wildman–Crippen LogP) is 22.2. The van der Waals surface area contributed by atoms with Gasteiger partial charge in [-0.15, -0.1) is 0 Å². The molecule has 0 saturated carbocycles. The first-order valence-corrected chi connectivity index (χ1v) is 31.9. The van der Waals surface area contributed by atoms with E-state index < -0.39 is 12.1 Å². The van der Waals surface area contributed by atoms with Crippen LogP contribution in [-0.2, 0) is 28.6 Å². The summed E-state index contributed by atoms with van der Waals surface area (Å²) in [5, 5.41) is 0. The van der Waals surface area contributed by atoms with Crippen LogP contribution in [0.4, 0.5) is 0 Å². The topological polar surface area (TPSA) is 78.9 Å². The Morgan fingerprint density at radius 1 is 0.272 bits per heavy atom. The fourth-order valence-electron chi connectivity index (χ4n) is 7.89. The standard InChI is InChI=1S/C75H114O6/c1-4-7-10-13-16-19-22-25-28-30-32-34-35-36-37-38-39-41-42-44-47-50-53-56-59-62-65-68-74(77)80-71-72(70-79-73(76)67-64-61-58-55-52-49-46-27-24-21-18-15-12-9-6-3)81-75(78)69-66-63-60-57-54-51-48-45-43-40-33-31-29-26-23-20-17-14-11-8-5-2/h7,9-10,12,16,18-19,21,23,25-28,31-34,36-37,39,41,43-47,52-53,55-56,61,64,72H,4-6,8,11,13-15,17,20,22,24,29-30,35,38,40,42,48-51,54,57-60,62-63,65-71H2,1-3H3/b10-7-,12-9-,19-16-,21-18-,26-23-,28-25-,33-31-,34-32-,37-36-,41-39-,45-43-,46-27-,47-44-,55-52-,56-53-,64-61-. The molecule has 0 saturated heterocycles. The lowest BCUT2D eigenvalue weighted by Crippen LogP contribution is -2.30. The second kappa shape index (κ2) is 66.8. The SMILES string of the molecule is CC/C=C\C/C=C\C/C=C\C/C=C\C/C=C\C/C=C\C/C=C\C/C=C\CCCCC(=O)OCC(COC(=O)C/C=C\C/C=C\C/C=C\C/C=C\C/C=C\CC)OC(=O)CCCCCCCC/C=C\C/C=C\C/C=C\CCCCCCC. The van der Waals surface area contributed by atoms with Crippen LogP contribution in [0.25, 0.3) is 0 Å². The highest BCUT2D eigenvalue weighted by molar-refractivity contribution is 5.72. The van der Waals surface area contributed by atoms with Gasteiger partial charge >= 0.3 is 17.9 Å². The minimum atomic E-state index is -0.857. The second-order valence-electron chi connectivity index (χ2n) is 20.2. The van der Waals surface area contributed by atoms with Crippen molar-refractivity contribution < 1.29 is 28.6 Å². The van der Waals surface area contributed by atoms with E-state index in [1.165, 1.54) is 51.4 Å². The monoisotopic (exact) mass is 1110 g/mol. The maximum absolute atomic E-state index is 12.9. The third-order valence-electron chi connectivity index (χ3n) is 12.6. The molecule has 0 aromatic carbocycles. The van der Waals surface area contributed by atoms with E-state index in [4.69, 9.17) is 14.2 Å². The molecule has 0 spiro atoms. The summed E-state index contributed by atoms with van der Waals surface area (Å²) in [4.78, 5) is 38.3. The molecule has 0 fully saturated rings. The van der Waals surface area contributed by atoms with Crippen molar-refractivity contribution >= 4 is 17.9 Å². The summed E-state index contributed by atoms with van der Waals surface area (Å²) in [5.41, 5.74) is 0. The van der Waals surface area contributed by atoms with E-state index in [0.717, 1.165) is 135 Å². The van der Waals surface area contributed by atoms with Crippen molar-refractivity contribution in [2.24, 2.45) is 0 Å². The molecule has 0 aliphatic heterocycles. The minimum Gasteiger partial charge on any atom is -0.462 e. The number of allylic oxidation sites excluding steroid dienone is 31. The Balaban J connectivity index is 4.59. The lowest BCUT2D eigenvalue weighted by molar-refractivity contribution is -0.166. The van der Waals surface area contributed by atoms with Crippen molar-refractivity contribution in [2.75, 3.05) is 13.2 Å². The summed E-state index contributed by atoms with van der Waals surface area (Å²) in [7, 11) is 0. The highest BCUT2D eigenvalue weighted by atomic mass is 16.6. The lowest BCUT2D eigenvalue weighted by atomic mass is 10.1. The van der Waals surface area contributed by atoms with Crippen molar-refractivity contribution in [3.8, 4) is 0 Å². The van der Waals surface area contributed by atoms with Gasteiger partial charge < -0.3 is 14.2 Å². The Morgan fingerprint density at radius 2 is 0.531 bits per heavy atom. The average molecular weight is 1110 g/mol. The van der Waals surface area contributed by atoms with E-state index in [1.807, 2.05) is 6.08 Å². The highest BCUT2D eigenvalue weighted by Gasteiger charge is 2.19. The lowest BCUT2D eigenvalue weighted by Gasteiger charge is -2.18. The molecule has 0 amide bonds. The Bertz CT molecular complexity index is 1950. The van der Waals surface area contributed by atoms with Gasteiger partial charge in [0.1, 0.15) is 13.2 Å². The van der Waals surface area contributed by atoms with Gasteiger partial charge in [-0.25, -0.2) is 0 Å². The summed E-state index contributed by atoms with van der Waals surface area (Å²) in [6.45, 7) is 6.25. The first-order chi connectivity index (χ1) is 40.0. The smallest absolute Gasteiger partial charge is 0.309 e. The van der Waals surface area contributed by atoms with E-state index in [1.54, 1.807) is 6.08 Å². The van der Waals surface area contributed by atoms with Gasteiger partial charge in [0, 0.05) is 12.8 Å². The predicted molar refractivity (Wildman–Crippen MR) is 352 cm³/mol. The zero-order valence-electron chi connectivity index (χ0n) is 51.5. The van der Waals surface area contributed by atoms with Crippen LogP contribution in [0.3, 0.4) is 0 Å². The van der Waals surface area contributed by atoms with E-state index in [2.05, 4.69) is 203 Å². The second-order valence-corrected chi connectivity index (χ2v) is 20.2. The van der Waals surface area contributed by atoms with Crippen LogP contribution in [0.1, 0.15) is 239 Å². The maximum Gasteiger partial charge on any atom is 0.309 e. The molecule has 0 aromatic heterocycles. The summed E-state index contributed by atoms with van der Waals surface area (Å²) in [6, 6.07) is 0. The average Bonchev–Trinajstić information content (AvgIpc) is 3.47. The van der Waals surface area contributed by atoms with Crippen LogP contribution >= 0.6 is 0 Å². The van der Waals surface area contributed by atoms with E-state index in [0.29, 0.717) is 12.8 Å². The zero-order valence-corrected chi connectivity index (χ0v) is 51.5. The van der Waals surface area contributed by atoms with Crippen LogP contribution in [0.2, 0.25) is 0 Å². The van der Waals surface area contributed by atoms with Crippen molar-refractivity contribution in [1.82, 2.24) is 0 Å². The van der Waals surface area contributed by atoms with Crippen molar-refractivity contribution in [2.45, 2.75) is 245 Å². The summed E-state index contributed by atoms with van der Waals surface area (Å²) in [5.74, 6) is -1.14. The maximum atomic E-state index is 12.9. The summed E-state index contributed by atoms with van der Waals surface area (Å²) in [6.07, 6.45) is 102. The number of carbonyl (C=O) groups excluding carboxylic acids is 3. The molecule has 0 heterocycles. The van der Waals surface area contributed by atoms with Crippen molar-refractivity contribution in [3.63, 3.8) is 0 Å². The largest absolute Gasteiger partial charge is 0.462 e. The number of hydrogen-bond donors (Lipinski definition) is 0. The highest BCUT2D eigenvalue weighted by Crippen LogP contribution is 2.12. The molecule has 0 N–H and O–H groups in total. The zero-order chi connectivity index (χ0) is 58.5. The minimum absolute atomic E-state index is 0.105. The van der Waals surface area contributed by atoms with Crippen LogP contribution < -0.4 is 0 Å². The van der Waals surface area contributed by atoms with Crippen LogP contribution in [0.15, 0.2) is 194 Å². The molecule has 0 radical (unpaired) electrons. The van der Waals surface area contributed by atoms with Gasteiger partial charge in [-0.05, 0) is 148 Å². The molecule has 0 bridgehead atoms. The summed E-state index contributed by atoms with van der Waals surface area (Å²) >= 11 is 0. The number of ether oxygens (including phenoxy) is 3. The normalized spacial score (nSPS) is 13.5. The Morgan fingerprint density at radius 3 is 0.889 bits per heavy atom. The molecule has 450 valence electrons. The molecule has 81 heavy (non-hydrogen) atoms. The van der Waals surface area contributed by atoms with Gasteiger partial charge in [0.15, 0.2) is 6.10 Å². The fourth-order valence-corrected chi connectivity index (χ4v) is 7.89. The number of hydrogen-bond acceptors (Lipinski definition) is 6. The Labute approximate surface area is 497 Å². The molecular weight excluding hydrogens is 997 g/mol. The van der Waals surface area contributed by atoms with E-state index in [-0.39, 0.29) is 44.4 Å². The molecule has 6 heteroatoms. The summed E-state index contributed by atoms with van der Waals surface area (Å²) < 4.78 is 16.8. The molecule has 6 nitrogen and oxygen atoms in total. The van der Waals surface area contributed by atoms with Crippen LogP contribution in [-0.4, -0.2) is 37.2 Å². The first kappa shape index (κ1) is 75.2. The number of rotatable bonds is 55. The van der Waals surface area contributed by atoms with E-state index >= 15 is 0 Å². The molecule has 0 rings (SSSR count). The molecule has 0 aliphatic carbocycles. The van der Waals surface area contributed by atoms with Gasteiger partial charge in [-0.1, -0.05) is 267 Å². The van der Waals surface area contributed by atoms with Crippen LogP contribution in [0.5, 0.6) is 0 Å². The fraction of sp³-hybridized carbons (Fsp3) is 0.533. The third kappa shape index (κ3) is 64.9. The number of carbonyl (C=O) groups is 3. The van der Waals surface area contributed by atoms with Crippen molar-refractivity contribution in [1.29, 1.82) is 0 Å². The number of esters is 3. The van der Waals surface area contributed by atoms with Crippen molar-refractivity contribution in [3.05, 3.63) is 194 Å². The molecule has 1 atom stereocenters. The van der Waals surface area contributed by atoms with Gasteiger partial charge in [-0.2, -0.15) is 0 Å². The Hall–Kier alpha value is -5.75. The molecule has 1 unspecified atom stereocenters. The number of unbranched alkanes of at least 4 members (excludes halogenated alkanes) is 13. The quantitative estimate of drug-likeness (QED) is 0.0261.